The van der Waals surface area contributed by atoms with E-state index in [2.05, 4.69) is 47.0 Å². The van der Waals surface area contributed by atoms with E-state index in [9.17, 15) is 48.7 Å². The minimum Gasteiger partial charge on any atom is -0.481 e. The van der Waals surface area contributed by atoms with Crippen LogP contribution in [0.2, 0.25) is 98.3 Å². The van der Waals surface area contributed by atoms with Gasteiger partial charge in [-0.2, -0.15) is 9.59 Å². The first kappa shape index (κ1) is 124. The van der Waals surface area contributed by atoms with Gasteiger partial charge in [0.05, 0.1) is 36.0 Å². The largest absolute Gasteiger partial charge is 0.481 e. The number of ether oxygens (including phenoxy) is 3. The molecule has 9 aliphatic heterocycles. The highest BCUT2D eigenvalue weighted by molar-refractivity contribution is 6.50. The number of hydrogen-bond donors (Lipinski definition) is 22. The van der Waals surface area contributed by atoms with Gasteiger partial charge in [0.2, 0.25) is 0 Å². The fraction of sp³-hybridized carbons (Fsp3) is 0.909. The number of nitrogens with zero attached hydrogens (tertiary/aromatic N) is 2. The van der Waals surface area contributed by atoms with Gasteiger partial charge in [-0.25, -0.2) is 0 Å². The van der Waals surface area contributed by atoms with Crippen LogP contribution in [-0.4, -0.2) is 349 Å². The Balaban J connectivity index is 0.000000511. The number of ketones is 1. The molecule has 16 unspecified atom stereocenters. The standard InChI is InChI=1S/C17H33BN2O3.C15H31BN2O.C10H20BNO3.C10H19BO4.2C9H18BNO4.C9H18BNO3.C8H16BNO3.CO2/c1-18(23)10-5-7-15-8-6-11-19-17(15,16(21)22)9-14-20-12-3-2-4-13-20;1-16(19)8-5-14-6-9-17-15(13-14)7-12-18-10-3-2-4-11-18;1-11(15)6-2-4-8-5-3-7-12-9(8)10(13)14;1-11(14)6-7-15-9-5-3-2-4-8(9)10(12)13;1-10(14)3-5-15-8-2-4-11-6-7(8)9(12)13;1-10(14)4-6-15-8-7(9(12)13)3-2-5-11-8;1-7(12)9-6-8(3-5-11-9)2-4-10(13)14;1-9(13)4-2-3-6-5-10-7(6)8(11)12;2-1-3/h15,19,23H,2-14H2,1H3,(H,21,22);14-15,17,19H,2-13H2,1H3;8-9,12,15H,2-7H2,1H3,(H,13,14);8-9,14H,2-7H2,1H3,(H,12,13);2*7-8,11,14H,2-6H2,1H3,(H,12,13);8-9,11,13-14H,2-6H2,1H3;6-7,10,13H,2-5H2,1H3,(H,11,12);. The second-order valence-corrected chi connectivity index (χ2v) is 38.7. The molecular formula is C88H173B8N9O27. The molecule has 9 heterocycles. The summed E-state index contributed by atoms with van der Waals surface area (Å²) >= 11 is 0. The second kappa shape index (κ2) is 73.7. The summed E-state index contributed by atoms with van der Waals surface area (Å²) in [5.74, 6) is -3.71. The van der Waals surface area contributed by atoms with Crippen LogP contribution >= 0.6 is 0 Å². The third-order valence-corrected chi connectivity index (χ3v) is 27.0. The molecule has 0 aromatic carbocycles. The highest BCUT2D eigenvalue weighted by Crippen LogP contribution is 2.36. The van der Waals surface area contributed by atoms with Crippen LogP contribution in [0.1, 0.15) is 206 Å². The zero-order valence-electron chi connectivity index (χ0n) is 81.4. The van der Waals surface area contributed by atoms with Crippen LogP contribution in [0.4, 0.5) is 0 Å². The van der Waals surface area contributed by atoms with Gasteiger partial charge in [-0.05, 0) is 300 Å². The average Bonchev–Trinajstić information content (AvgIpc) is 0.787. The molecule has 10 aliphatic rings. The molecule has 9 saturated heterocycles. The Labute approximate surface area is 790 Å². The molecule has 22 N–H and O–H groups in total. The zero-order chi connectivity index (χ0) is 98.4. The molecule has 0 aromatic heterocycles. The van der Waals surface area contributed by atoms with Crippen molar-refractivity contribution in [1.29, 1.82) is 0 Å². The van der Waals surface area contributed by atoms with E-state index in [-0.39, 0.29) is 101 Å². The van der Waals surface area contributed by atoms with Gasteiger partial charge in [0.25, 0.3) is 48.4 Å². The summed E-state index contributed by atoms with van der Waals surface area (Å²) in [5.41, 5.74) is -0.769. The van der Waals surface area contributed by atoms with Gasteiger partial charge in [-0.3, -0.25) is 38.9 Å². The molecule has 0 bridgehead atoms. The van der Waals surface area contributed by atoms with Crippen molar-refractivity contribution in [3.05, 3.63) is 0 Å². The molecule has 0 spiro atoms. The number of carboxylic acid groups (broad SMARTS) is 6. The Morgan fingerprint density at radius 2 is 0.856 bits per heavy atom. The highest BCUT2D eigenvalue weighted by atomic mass is 16.5. The predicted molar refractivity (Wildman–Crippen MR) is 519 cm³/mol. The van der Waals surface area contributed by atoms with Crippen molar-refractivity contribution in [3.63, 3.8) is 0 Å². The Kier molecular flexibility index (Phi) is 69.0. The van der Waals surface area contributed by atoms with Crippen LogP contribution in [-0.2, 0) is 57.4 Å². The van der Waals surface area contributed by atoms with Crippen LogP contribution in [0, 0.1) is 47.3 Å². The molecule has 0 amide bonds. The average molecular weight is 1880 g/mol. The van der Waals surface area contributed by atoms with E-state index in [0.29, 0.717) is 76.8 Å². The minimum absolute atomic E-state index is 0.0235. The van der Waals surface area contributed by atoms with Crippen LogP contribution < -0.4 is 37.2 Å². The summed E-state index contributed by atoms with van der Waals surface area (Å²) in [6.45, 7) is 26.6. The van der Waals surface area contributed by atoms with Crippen molar-refractivity contribution in [3.8, 4) is 0 Å². The molecule has 1 saturated carbocycles. The highest BCUT2D eigenvalue weighted by Gasteiger charge is 2.47. The fourth-order valence-electron chi connectivity index (χ4n) is 19.0. The normalized spacial score (nSPS) is 26.9. The lowest BCUT2D eigenvalue weighted by Crippen LogP contribution is -2.61. The summed E-state index contributed by atoms with van der Waals surface area (Å²) < 4.78 is 16.4. The molecule has 132 heavy (non-hydrogen) atoms. The van der Waals surface area contributed by atoms with Gasteiger partial charge >= 0.3 is 49.1 Å². The van der Waals surface area contributed by atoms with E-state index in [0.717, 1.165) is 212 Å². The fourth-order valence-corrected chi connectivity index (χ4v) is 19.0. The number of Topliss-reactive ketones (excluding diaryl/α,β-unsaturated/α-hetero) is 1. The molecule has 10 fully saturated rings. The monoisotopic (exact) mass is 1880 g/mol. The van der Waals surface area contributed by atoms with E-state index in [1.165, 1.54) is 90.4 Å². The molecule has 36 nitrogen and oxygen atoms in total. The number of piperidine rings is 8. The molecule has 1 aliphatic carbocycles. The van der Waals surface area contributed by atoms with E-state index >= 15 is 0 Å². The van der Waals surface area contributed by atoms with Gasteiger partial charge in [-0.15, -0.1) is 0 Å². The van der Waals surface area contributed by atoms with Gasteiger partial charge < -0.3 is 132 Å². The van der Waals surface area contributed by atoms with Gasteiger partial charge in [0.15, 0.2) is 0 Å². The molecule has 44 heteroatoms. The topological polar surface area (TPSA) is 575 Å². The number of hydrogen-bond acceptors (Lipinski definition) is 30. The third-order valence-electron chi connectivity index (χ3n) is 27.0. The van der Waals surface area contributed by atoms with Gasteiger partial charge in [-0.1, -0.05) is 106 Å². The molecule has 756 valence electrons. The van der Waals surface area contributed by atoms with Crippen LogP contribution in [0.15, 0.2) is 0 Å². The second-order valence-electron chi connectivity index (χ2n) is 38.7. The first-order chi connectivity index (χ1) is 62.8. The maximum Gasteiger partial charge on any atom is 0.451 e. The number of rotatable bonds is 43. The summed E-state index contributed by atoms with van der Waals surface area (Å²) in [7, 11) is -1.21. The molecule has 0 aromatic rings. The van der Waals surface area contributed by atoms with Crippen molar-refractivity contribution < 1.29 is 133 Å². The minimum atomic E-state index is -1.21. The lowest BCUT2D eigenvalue weighted by molar-refractivity contribution is -0.192. The predicted octanol–water partition coefficient (Wildman–Crippen LogP) is 5.39. The lowest BCUT2D eigenvalue weighted by atomic mass is 9.65. The molecule has 10 rings (SSSR count). The Bertz CT molecular complexity index is 2910. The number of aliphatic carboxylic acids is 6. The van der Waals surface area contributed by atoms with Crippen LogP contribution in [0.5, 0.6) is 0 Å². The Morgan fingerprint density at radius 1 is 0.394 bits per heavy atom. The van der Waals surface area contributed by atoms with Gasteiger partial charge in [0.1, 0.15) is 29.6 Å². The van der Waals surface area contributed by atoms with Crippen molar-refractivity contribution in [2.24, 2.45) is 47.3 Å². The zero-order valence-corrected chi connectivity index (χ0v) is 81.4. The SMILES string of the molecule is CB(O)CCC1CCNC(CCN2CCCCC2)C1.CB(O)CCCC1CCCNC1(CCN1CCCCC1)C(=O)O.CB(O)CCCC1CCCNC1C(=O)O.CB(O)CCCC1CNC1C(=O)O.CB(O)CCOC1CCCCC1C(=O)O.CB(O)CCOC1CCNCC1C(=O)O.CB(O)CCOC1NCCCC1C(=O)O.CC(=O)C1CC(CCB(O)O)CCN1.O=C=O. The Hall–Kier alpha value is -4.45. The van der Waals surface area contributed by atoms with E-state index in [4.69, 9.17) is 84.5 Å². The summed E-state index contributed by atoms with van der Waals surface area (Å²) in [6.07, 6.45) is 36.6. The maximum atomic E-state index is 12.1. The number of carbonyl (C=O) groups excluding carboxylic acids is 3. The van der Waals surface area contributed by atoms with Crippen LogP contribution in [0.3, 0.4) is 0 Å². The summed E-state index contributed by atoms with van der Waals surface area (Å²) in [4.78, 5) is 98.8. The van der Waals surface area contributed by atoms with E-state index < -0.39 is 80.4 Å². The van der Waals surface area contributed by atoms with Crippen LogP contribution in [0.25, 0.3) is 0 Å². The van der Waals surface area contributed by atoms with Crippen molar-refractivity contribution in [2.75, 3.05) is 111 Å². The lowest BCUT2D eigenvalue weighted by Gasteiger charge is -2.43. The number of likely N-dealkylation sites (tertiary alicyclic amines) is 2. The third kappa shape index (κ3) is 56.6. The summed E-state index contributed by atoms with van der Waals surface area (Å²) in [5, 5.41) is 158. The first-order valence-corrected chi connectivity index (χ1v) is 50.3. The van der Waals surface area contributed by atoms with Gasteiger partial charge in [0, 0.05) is 45.5 Å². The molecule has 0 radical (unpaired) electrons. The smallest absolute Gasteiger partial charge is 0.451 e. The maximum absolute atomic E-state index is 12.1. The number of carbonyl (C=O) groups is 7. The first-order valence-electron chi connectivity index (χ1n) is 50.3. The van der Waals surface area contributed by atoms with Crippen molar-refractivity contribution in [1.82, 2.24) is 47.0 Å². The quantitative estimate of drug-likeness (QED) is 0.0340. The summed E-state index contributed by atoms with van der Waals surface area (Å²) in [6, 6.07) is -0.0407. The Morgan fingerprint density at radius 3 is 1.36 bits per heavy atom. The van der Waals surface area contributed by atoms with E-state index in [1.807, 2.05) is 6.82 Å². The number of nitrogens with one attached hydrogen (secondary N) is 7. The van der Waals surface area contributed by atoms with E-state index in [1.54, 1.807) is 47.9 Å². The number of carboxylic acids is 6. The van der Waals surface area contributed by atoms with Crippen molar-refractivity contribution >= 4 is 103 Å². The molecule has 16 atom stereocenters. The molecular weight excluding hydrogens is 1700 g/mol. The van der Waals surface area contributed by atoms with Crippen molar-refractivity contribution in [2.45, 2.75) is 352 Å².